The Morgan fingerprint density at radius 1 is 1.44 bits per heavy atom. The zero-order valence-corrected chi connectivity index (χ0v) is 13.3. The smallest absolute Gasteiger partial charge is 0.0388 e. The van der Waals surface area contributed by atoms with Crippen LogP contribution < -0.4 is 5.32 Å². The summed E-state index contributed by atoms with van der Waals surface area (Å²) >= 11 is 5.38. The molecule has 4 heteroatoms. The Bertz CT molecular complexity index is 406. The van der Waals surface area contributed by atoms with Gasteiger partial charge in [-0.05, 0) is 67.7 Å². The minimum atomic E-state index is 0.485. The van der Waals surface area contributed by atoms with Gasteiger partial charge in [0.15, 0.2) is 0 Å². The average molecular weight is 329 g/mol. The van der Waals surface area contributed by atoms with Crippen LogP contribution in [0.2, 0.25) is 0 Å². The fraction of sp³-hybridized carbons (Fsp3) is 0.714. The molecule has 2 aliphatic heterocycles. The number of halogens is 1. The molecule has 100 valence electrons. The van der Waals surface area contributed by atoms with Gasteiger partial charge in [-0.2, -0.15) is 0 Å². The van der Waals surface area contributed by atoms with E-state index >= 15 is 0 Å². The van der Waals surface area contributed by atoms with Crippen molar-refractivity contribution < 1.29 is 0 Å². The van der Waals surface area contributed by atoms with Crippen molar-refractivity contribution in [1.29, 1.82) is 0 Å². The number of nitrogens with zero attached hydrogens (tertiary/aromatic N) is 1. The zero-order chi connectivity index (χ0) is 12.5. The lowest BCUT2D eigenvalue weighted by Crippen LogP contribution is -2.46. The lowest BCUT2D eigenvalue weighted by Gasteiger charge is -2.36. The molecule has 0 radical (unpaired) electrons. The Kier molecular flexibility index (Phi) is 4.09. The van der Waals surface area contributed by atoms with E-state index in [-0.39, 0.29) is 0 Å². The molecule has 0 aliphatic carbocycles. The highest BCUT2D eigenvalue weighted by Gasteiger charge is 2.32. The van der Waals surface area contributed by atoms with Crippen molar-refractivity contribution in [1.82, 2.24) is 10.2 Å². The highest BCUT2D eigenvalue weighted by atomic mass is 79.9. The minimum absolute atomic E-state index is 0.485. The molecule has 0 saturated carbocycles. The molecule has 2 nitrogen and oxygen atoms in total. The molecule has 2 fully saturated rings. The van der Waals surface area contributed by atoms with Gasteiger partial charge in [0.05, 0.1) is 0 Å². The molecule has 0 amide bonds. The van der Waals surface area contributed by atoms with Crippen LogP contribution in [0.25, 0.3) is 0 Å². The monoisotopic (exact) mass is 328 g/mol. The average Bonchev–Trinajstić information content (AvgIpc) is 2.96. The van der Waals surface area contributed by atoms with Crippen molar-refractivity contribution >= 4 is 27.3 Å². The van der Waals surface area contributed by atoms with Gasteiger partial charge < -0.3 is 10.2 Å². The molecule has 3 unspecified atom stereocenters. The summed E-state index contributed by atoms with van der Waals surface area (Å²) < 4.78 is 1.21. The van der Waals surface area contributed by atoms with E-state index in [1.54, 1.807) is 0 Å². The van der Waals surface area contributed by atoms with E-state index in [1.807, 2.05) is 11.3 Å². The van der Waals surface area contributed by atoms with Crippen molar-refractivity contribution in [3.05, 3.63) is 20.8 Å². The molecule has 3 atom stereocenters. The topological polar surface area (TPSA) is 15.3 Å². The molecular weight excluding hydrogens is 308 g/mol. The van der Waals surface area contributed by atoms with Gasteiger partial charge in [0, 0.05) is 32.9 Å². The normalized spacial score (nSPS) is 30.3. The maximum atomic E-state index is 3.82. The first-order chi connectivity index (χ1) is 8.72. The lowest BCUT2D eigenvalue weighted by atomic mass is 9.97. The summed E-state index contributed by atoms with van der Waals surface area (Å²) in [6.07, 6.45) is 5.48. The number of rotatable bonds is 3. The summed E-state index contributed by atoms with van der Waals surface area (Å²) in [5.74, 6) is 0. The fourth-order valence-corrected chi connectivity index (χ4v) is 4.83. The van der Waals surface area contributed by atoms with Crippen LogP contribution in [0, 0.1) is 0 Å². The molecule has 1 aromatic heterocycles. The summed E-state index contributed by atoms with van der Waals surface area (Å²) in [6, 6.07) is 4.30. The predicted octanol–water partition coefficient (Wildman–Crippen LogP) is 3.79. The quantitative estimate of drug-likeness (QED) is 0.908. The number of piperidine rings is 1. The summed E-state index contributed by atoms with van der Waals surface area (Å²) in [4.78, 5) is 4.13. The van der Waals surface area contributed by atoms with Crippen molar-refractivity contribution in [3.8, 4) is 0 Å². The first-order valence-corrected chi connectivity index (χ1v) is 8.63. The second kappa shape index (κ2) is 5.61. The van der Waals surface area contributed by atoms with Crippen LogP contribution in [0.3, 0.4) is 0 Å². The van der Waals surface area contributed by atoms with Gasteiger partial charge in [0.25, 0.3) is 0 Å². The summed E-state index contributed by atoms with van der Waals surface area (Å²) in [5.41, 5.74) is 0. The van der Waals surface area contributed by atoms with Gasteiger partial charge in [0.1, 0.15) is 0 Å². The molecule has 0 aromatic carbocycles. The van der Waals surface area contributed by atoms with Gasteiger partial charge in [-0.15, -0.1) is 11.3 Å². The minimum Gasteiger partial charge on any atom is -0.307 e. The molecule has 0 spiro atoms. The first-order valence-electron chi connectivity index (χ1n) is 6.96. The van der Waals surface area contributed by atoms with E-state index in [9.17, 15) is 0 Å². The predicted molar refractivity (Wildman–Crippen MR) is 81.2 cm³/mol. The van der Waals surface area contributed by atoms with Crippen LogP contribution in [0.15, 0.2) is 15.9 Å². The maximum Gasteiger partial charge on any atom is 0.0388 e. The van der Waals surface area contributed by atoms with Crippen molar-refractivity contribution in [3.63, 3.8) is 0 Å². The fourth-order valence-electron chi connectivity index (χ4n) is 3.37. The number of nitrogens with one attached hydrogen (secondary N) is 1. The third-order valence-corrected chi connectivity index (χ3v) is 6.20. The van der Waals surface area contributed by atoms with Crippen LogP contribution in [0.5, 0.6) is 0 Å². The highest BCUT2D eigenvalue weighted by Crippen LogP contribution is 2.30. The number of hydrogen-bond donors (Lipinski definition) is 1. The van der Waals surface area contributed by atoms with Gasteiger partial charge in [0.2, 0.25) is 0 Å². The standard InChI is InChI=1S/C14H21BrN2S/c1-10(14-7-11(15)9-18-14)16-12-4-6-17-5-2-3-13(17)8-12/h7,9-10,12-13,16H,2-6,8H2,1H3. The molecule has 2 aliphatic rings. The Balaban J connectivity index is 1.56. The molecular formula is C14H21BrN2S. The van der Waals surface area contributed by atoms with E-state index in [0.717, 1.165) is 6.04 Å². The van der Waals surface area contributed by atoms with Crippen LogP contribution >= 0.6 is 27.3 Å². The molecule has 0 bridgehead atoms. The van der Waals surface area contributed by atoms with E-state index < -0.39 is 0 Å². The largest absolute Gasteiger partial charge is 0.307 e. The van der Waals surface area contributed by atoms with Crippen LogP contribution in [-0.2, 0) is 0 Å². The van der Waals surface area contributed by atoms with Crippen LogP contribution in [0.1, 0.15) is 43.5 Å². The van der Waals surface area contributed by atoms with Gasteiger partial charge >= 0.3 is 0 Å². The Morgan fingerprint density at radius 3 is 3.11 bits per heavy atom. The van der Waals surface area contributed by atoms with Crippen molar-refractivity contribution in [2.24, 2.45) is 0 Å². The third kappa shape index (κ3) is 2.82. The zero-order valence-electron chi connectivity index (χ0n) is 10.9. The van der Waals surface area contributed by atoms with Gasteiger partial charge in [-0.25, -0.2) is 0 Å². The van der Waals surface area contributed by atoms with Crippen LogP contribution in [0.4, 0.5) is 0 Å². The van der Waals surface area contributed by atoms with E-state index in [1.165, 1.54) is 48.1 Å². The third-order valence-electron chi connectivity index (χ3n) is 4.32. The maximum absolute atomic E-state index is 3.82. The number of thiophene rings is 1. The van der Waals surface area contributed by atoms with Crippen LogP contribution in [-0.4, -0.2) is 30.1 Å². The van der Waals surface area contributed by atoms with Gasteiger partial charge in [-0.1, -0.05) is 0 Å². The first kappa shape index (κ1) is 13.1. The summed E-state index contributed by atoms with van der Waals surface area (Å²) in [7, 11) is 0. The molecule has 2 saturated heterocycles. The highest BCUT2D eigenvalue weighted by molar-refractivity contribution is 9.10. The summed E-state index contributed by atoms with van der Waals surface area (Å²) in [6.45, 7) is 4.92. The molecule has 3 heterocycles. The van der Waals surface area contributed by atoms with E-state index in [4.69, 9.17) is 0 Å². The van der Waals surface area contributed by atoms with E-state index in [0.29, 0.717) is 12.1 Å². The lowest BCUT2D eigenvalue weighted by molar-refractivity contribution is 0.162. The Hall–Kier alpha value is 0.1000. The summed E-state index contributed by atoms with van der Waals surface area (Å²) in [5, 5.41) is 6.00. The molecule has 1 aromatic rings. The Labute approximate surface area is 122 Å². The van der Waals surface area contributed by atoms with Gasteiger partial charge in [-0.3, -0.25) is 0 Å². The number of fused-ring (bicyclic) bond motifs is 1. The molecule has 1 N–H and O–H groups in total. The molecule has 18 heavy (non-hydrogen) atoms. The molecule has 3 rings (SSSR count). The van der Waals surface area contributed by atoms with Crippen molar-refractivity contribution in [2.75, 3.05) is 13.1 Å². The Morgan fingerprint density at radius 2 is 2.33 bits per heavy atom. The van der Waals surface area contributed by atoms with Crippen molar-refractivity contribution in [2.45, 2.75) is 50.7 Å². The number of hydrogen-bond acceptors (Lipinski definition) is 3. The second-order valence-electron chi connectivity index (χ2n) is 5.61. The second-order valence-corrected chi connectivity index (χ2v) is 7.47. The SMILES string of the molecule is CC(NC1CCN2CCCC2C1)c1cc(Br)cs1. The van der Waals surface area contributed by atoms with E-state index in [2.05, 4.69) is 44.5 Å².